The van der Waals surface area contributed by atoms with Gasteiger partial charge in [-0.2, -0.15) is 0 Å². The lowest BCUT2D eigenvalue weighted by atomic mass is 9.97. The summed E-state index contributed by atoms with van der Waals surface area (Å²) in [5, 5.41) is 5.07. The van der Waals surface area contributed by atoms with E-state index < -0.39 is 5.92 Å². The molecule has 0 bridgehead atoms. The topological polar surface area (TPSA) is 78.5 Å². The number of hydrogen-bond donors (Lipinski definition) is 2. The van der Waals surface area contributed by atoms with Crippen molar-refractivity contribution >= 4 is 23.5 Å². The Labute approximate surface area is 110 Å². The predicted octanol–water partition coefficient (Wildman–Crippen LogP) is 0.910. The van der Waals surface area contributed by atoms with Crippen LogP contribution in [-0.4, -0.2) is 36.8 Å². The molecule has 1 fully saturated rings. The van der Waals surface area contributed by atoms with Gasteiger partial charge in [0.25, 0.3) is 0 Å². The Bertz CT molecular complexity index is 524. The molecular formula is C13H15N3O3. The highest BCUT2D eigenvalue weighted by molar-refractivity contribution is 6.05. The Morgan fingerprint density at radius 3 is 2.37 bits per heavy atom. The van der Waals surface area contributed by atoms with Crippen LogP contribution in [0.5, 0.6) is 0 Å². The van der Waals surface area contributed by atoms with Crippen LogP contribution >= 0.6 is 0 Å². The molecule has 1 saturated heterocycles. The minimum atomic E-state index is -0.411. The number of hydrogen-bond acceptors (Lipinski definition) is 3. The second-order valence-corrected chi connectivity index (χ2v) is 4.37. The summed E-state index contributed by atoms with van der Waals surface area (Å²) < 4.78 is 0. The first-order valence-corrected chi connectivity index (χ1v) is 5.92. The van der Waals surface area contributed by atoms with Gasteiger partial charge in [0.1, 0.15) is 0 Å². The number of carbonyl (C=O) groups excluding carboxylic acids is 3. The minimum Gasteiger partial charge on any atom is -0.341 e. The quantitative estimate of drug-likeness (QED) is 0.777. The monoisotopic (exact) mass is 261 g/mol. The number of amides is 4. The van der Waals surface area contributed by atoms with E-state index in [2.05, 4.69) is 10.6 Å². The fraction of sp³-hybridized carbons (Fsp3) is 0.308. The van der Waals surface area contributed by atoms with E-state index in [1.54, 1.807) is 24.3 Å². The van der Waals surface area contributed by atoms with Crippen LogP contribution in [0.25, 0.3) is 0 Å². The third kappa shape index (κ3) is 2.57. The molecule has 2 rings (SSSR count). The van der Waals surface area contributed by atoms with Crippen LogP contribution < -0.4 is 10.6 Å². The molecule has 1 aromatic rings. The fourth-order valence-corrected chi connectivity index (χ4v) is 2.01. The fourth-order valence-electron chi connectivity index (χ4n) is 2.01. The normalized spacial score (nSPS) is 18.6. The third-order valence-electron chi connectivity index (χ3n) is 3.18. The Kier molecular flexibility index (Phi) is 3.50. The molecule has 100 valence electrons. The lowest BCUT2D eigenvalue weighted by Gasteiger charge is -2.10. The van der Waals surface area contributed by atoms with Crippen molar-refractivity contribution in [2.75, 3.05) is 19.4 Å². The van der Waals surface area contributed by atoms with Crippen LogP contribution in [0.3, 0.4) is 0 Å². The first-order valence-electron chi connectivity index (χ1n) is 5.92. The lowest BCUT2D eigenvalue weighted by molar-refractivity contribution is -0.137. The maximum atomic E-state index is 11.9. The van der Waals surface area contributed by atoms with Gasteiger partial charge < -0.3 is 10.6 Å². The van der Waals surface area contributed by atoms with Gasteiger partial charge in [-0.25, -0.2) is 4.79 Å². The summed E-state index contributed by atoms with van der Waals surface area (Å²) in [5.74, 6) is -0.758. The molecule has 0 aromatic heterocycles. The Morgan fingerprint density at radius 1 is 1.26 bits per heavy atom. The van der Waals surface area contributed by atoms with Gasteiger partial charge in [-0.1, -0.05) is 12.1 Å². The molecule has 2 N–H and O–H groups in total. The molecule has 19 heavy (non-hydrogen) atoms. The van der Waals surface area contributed by atoms with Crippen molar-refractivity contribution in [3.63, 3.8) is 0 Å². The van der Waals surface area contributed by atoms with Crippen LogP contribution in [0.2, 0.25) is 0 Å². The number of likely N-dealkylation sites (N-methyl/N-ethyl adjacent to an activating group) is 1. The lowest BCUT2D eigenvalue weighted by Crippen LogP contribution is -2.25. The third-order valence-corrected chi connectivity index (χ3v) is 3.18. The van der Waals surface area contributed by atoms with E-state index in [9.17, 15) is 14.4 Å². The zero-order chi connectivity index (χ0) is 14.0. The Balaban J connectivity index is 2.13. The first-order chi connectivity index (χ1) is 9.02. The van der Waals surface area contributed by atoms with E-state index in [1.165, 1.54) is 14.1 Å². The van der Waals surface area contributed by atoms with E-state index in [1.807, 2.05) is 0 Å². The van der Waals surface area contributed by atoms with Crippen LogP contribution in [0.15, 0.2) is 24.3 Å². The predicted molar refractivity (Wildman–Crippen MR) is 69.7 cm³/mol. The maximum Gasteiger partial charge on any atom is 0.318 e. The summed E-state index contributed by atoms with van der Waals surface area (Å²) in [6, 6.07) is 6.61. The summed E-state index contributed by atoms with van der Waals surface area (Å²) in [4.78, 5) is 35.6. The number of anilines is 1. The van der Waals surface area contributed by atoms with Crippen molar-refractivity contribution in [1.29, 1.82) is 0 Å². The standard InChI is InChI=1S/C13H15N3O3/c1-14-13(19)15-9-5-3-8(4-6-9)10-7-11(17)16(2)12(10)18/h3-6,10H,7H2,1-2H3,(H2,14,15,19)/t10-/m1/s1. The molecule has 0 unspecified atom stereocenters. The van der Waals surface area contributed by atoms with Gasteiger partial charge in [-0.15, -0.1) is 0 Å². The Morgan fingerprint density at radius 2 is 1.89 bits per heavy atom. The molecule has 1 aliphatic rings. The highest BCUT2D eigenvalue weighted by atomic mass is 16.2. The van der Waals surface area contributed by atoms with Gasteiger partial charge in [-0.05, 0) is 17.7 Å². The van der Waals surface area contributed by atoms with Crippen LogP contribution in [0.1, 0.15) is 17.9 Å². The molecule has 4 amide bonds. The zero-order valence-electron chi connectivity index (χ0n) is 10.8. The molecule has 0 aliphatic carbocycles. The smallest absolute Gasteiger partial charge is 0.318 e. The molecule has 1 heterocycles. The van der Waals surface area contributed by atoms with Crippen molar-refractivity contribution in [3.8, 4) is 0 Å². The molecule has 1 aromatic carbocycles. The number of likely N-dealkylation sites (tertiary alicyclic amines) is 1. The van der Waals surface area contributed by atoms with Gasteiger partial charge >= 0.3 is 6.03 Å². The highest BCUT2D eigenvalue weighted by Crippen LogP contribution is 2.29. The largest absolute Gasteiger partial charge is 0.341 e. The second-order valence-electron chi connectivity index (χ2n) is 4.37. The Hall–Kier alpha value is -2.37. The molecule has 0 spiro atoms. The van der Waals surface area contributed by atoms with Gasteiger partial charge in [0, 0.05) is 26.2 Å². The number of imide groups is 1. The SMILES string of the molecule is CNC(=O)Nc1ccc([C@H]2CC(=O)N(C)C2=O)cc1. The summed E-state index contributed by atoms with van der Waals surface area (Å²) in [6.07, 6.45) is 0.206. The molecule has 6 nitrogen and oxygen atoms in total. The number of carbonyl (C=O) groups is 3. The van der Waals surface area contributed by atoms with Gasteiger partial charge in [0.15, 0.2) is 0 Å². The summed E-state index contributed by atoms with van der Waals surface area (Å²) >= 11 is 0. The molecule has 0 saturated carbocycles. The highest BCUT2D eigenvalue weighted by Gasteiger charge is 2.36. The number of nitrogens with one attached hydrogen (secondary N) is 2. The van der Waals surface area contributed by atoms with Crippen molar-refractivity contribution in [2.45, 2.75) is 12.3 Å². The summed E-state index contributed by atoms with van der Waals surface area (Å²) in [6.45, 7) is 0. The molecule has 0 radical (unpaired) electrons. The van der Waals surface area contributed by atoms with Crippen molar-refractivity contribution in [1.82, 2.24) is 10.2 Å². The number of nitrogens with zero attached hydrogens (tertiary/aromatic N) is 1. The minimum absolute atomic E-state index is 0.164. The molecule has 1 aliphatic heterocycles. The van der Waals surface area contributed by atoms with E-state index in [4.69, 9.17) is 0 Å². The summed E-state index contributed by atoms with van der Waals surface area (Å²) in [5.41, 5.74) is 1.42. The van der Waals surface area contributed by atoms with E-state index >= 15 is 0 Å². The maximum absolute atomic E-state index is 11.9. The number of benzene rings is 1. The number of urea groups is 1. The average molecular weight is 261 g/mol. The molecular weight excluding hydrogens is 246 g/mol. The second kappa shape index (κ2) is 5.09. The summed E-state index contributed by atoms with van der Waals surface area (Å²) in [7, 11) is 3.02. The first kappa shape index (κ1) is 13.1. The van der Waals surface area contributed by atoms with Crippen LogP contribution in [0.4, 0.5) is 10.5 Å². The number of rotatable bonds is 2. The van der Waals surface area contributed by atoms with Crippen molar-refractivity contribution < 1.29 is 14.4 Å². The zero-order valence-corrected chi connectivity index (χ0v) is 10.8. The van der Waals surface area contributed by atoms with Crippen molar-refractivity contribution in [3.05, 3.63) is 29.8 Å². The van der Waals surface area contributed by atoms with E-state index in [-0.39, 0.29) is 24.3 Å². The van der Waals surface area contributed by atoms with Crippen molar-refractivity contribution in [2.24, 2.45) is 0 Å². The van der Waals surface area contributed by atoms with E-state index in [0.29, 0.717) is 5.69 Å². The van der Waals surface area contributed by atoms with E-state index in [0.717, 1.165) is 10.5 Å². The van der Waals surface area contributed by atoms with Gasteiger partial charge in [0.05, 0.1) is 5.92 Å². The molecule has 6 heteroatoms. The van der Waals surface area contributed by atoms with Gasteiger partial charge in [-0.3, -0.25) is 14.5 Å². The van der Waals surface area contributed by atoms with Crippen LogP contribution in [-0.2, 0) is 9.59 Å². The molecule has 1 atom stereocenters. The van der Waals surface area contributed by atoms with Gasteiger partial charge in [0.2, 0.25) is 11.8 Å². The average Bonchev–Trinajstić information content (AvgIpc) is 2.67. The van der Waals surface area contributed by atoms with Crippen LogP contribution in [0, 0.1) is 0 Å².